The van der Waals surface area contributed by atoms with Gasteiger partial charge in [-0.15, -0.1) is 0 Å². The van der Waals surface area contributed by atoms with Gasteiger partial charge in [-0.05, 0) is 18.1 Å². The minimum atomic E-state index is -0.0100. The SMILES string of the molecule is NNC(Cc1cccnc1)c1ncc[nH]1. The average Bonchev–Trinajstić information content (AvgIpc) is 2.81. The van der Waals surface area contributed by atoms with Crippen molar-refractivity contribution in [3.63, 3.8) is 0 Å². The van der Waals surface area contributed by atoms with Crippen LogP contribution in [0.4, 0.5) is 0 Å². The lowest BCUT2D eigenvalue weighted by atomic mass is 10.1. The van der Waals surface area contributed by atoms with Crippen molar-refractivity contribution in [2.45, 2.75) is 12.5 Å². The first-order valence-electron chi connectivity index (χ1n) is 4.74. The predicted molar refractivity (Wildman–Crippen MR) is 56.6 cm³/mol. The van der Waals surface area contributed by atoms with Gasteiger partial charge in [-0.2, -0.15) is 0 Å². The maximum absolute atomic E-state index is 5.48. The van der Waals surface area contributed by atoms with Crippen molar-refractivity contribution in [1.82, 2.24) is 20.4 Å². The number of nitrogens with two attached hydrogens (primary N) is 1. The van der Waals surface area contributed by atoms with E-state index in [1.165, 1.54) is 0 Å². The molecular weight excluding hydrogens is 190 g/mol. The largest absolute Gasteiger partial charge is 0.347 e. The molecule has 0 saturated heterocycles. The Hall–Kier alpha value is -1.72. The van der Waals surface area contributed by atoms with E-state index in [2.05, 4.69) is 20.4 Å². The molecule has 15 heavy (non-hydrogen) atoms. The monoisotopic (exact) mass is 203 g/mol. The molecule has 2 rings (SSSR count). The summed E-state index contributed by atoms with van der Waals surface area (Å²) in [7, 11) is 0. The van der Waals surface area contributed by atoms with Crippen molar-refractivity contribution in [3.8, 4) is 0 Å². The van der Waals surface area contributed by atoms with Crippen LogP contribution in [0.15, 0.2) is 36.9 Å². The minimum Gasteiger partial charge on any atom is -0.347 e. The van der Waals surface area contributed by atoms with Crippen LogP contribution in [0.5, 0.6) is 0 Å². The van der Waals surface area contributed by atoms with Gasteiger partial charge in [0.15, 0.2) is 0 Å². The van der Waals surface area contributed by atoms with Crippen LogP contribution in [0.2, 0.25) is 0 Å². The predicted octanol–water partition coefficient (Wildman–Crippen LogP) is 0.552. The molecule has 0 saturated carbocycles. The standard InChI is InChI=1S/C10H13N5/c11-15-9(10-13-4-5-14-10)6-8-2-1-3-12-7-8/h1-5,7,9,15H,6,11H2,(H,13,14). The van der Waals surface area contributed by atoms with Crippen LogP contribution in [-0.2, 0) is 6.42 Å². The fourth-order valence-electron chi connectivity index (χ4n) is 1.46. The summed E-state index contributed by atoms with van der Waals surface area (Å²) in [4.78, 5) is 11.3. The molecule has 1 atom stereocenters. The molecule has 2 heterocycles. The molecule has 2 aromatic rings. The molecule has 0 radical (unpaired) electrons. The van der Waals surface area contributed by atoms with Gasteiger partial charge >= 0.3 is 0 Å². The molecule has 5 heteroatoms. The van der Waals surface area contributed by atoms with Gasteiger partial charge in [-0.25, -0.2) is 10.4 Å². The molecule has 78 valence electrons. The first kappa shape index (κ1) is 9.82. The van der Waals surface area contributed by atoms with E-state index in [1.807, 2.05) is 18.3 Å². The molecule has 0 aliphatic carbocycles. The Bertz CT molecular complexity index is 383. The van der Waals surface area contributed by atoms with Crippen molar-refractivity contribution in [1.29, 1.82) is 0 Å². The third-order valence-electron chi connectivity index (χ3n) is 2.21. The van der Waals surface area contributed by atoms with Crippen molar-refractivity contribution < 1.29 is 0 Å². The summed E-state index contributed by atoms with van der Waals surface area (Å²) in [6, 6.07) is 3.91. The van der Waals surface area contributed by atoms with Gasteiger partial charge in [0.1, 0.15) is 5.82 Å². The first-order valence-corrected chi connectivity index (χ1v) is 4.74. The van der Waals surface area contributed by atoms with Crippen molar-refractivity contribution in [2.75, 3.05) is 0 Å². The quantitative estimate of drug-likeness (QED) is 0.501. The zero-order chi connectivity index (χ0) is 10.5. The number of rotatable bonds is 4. The molecule has 0 aliphatic heterocycles. The van der Waals surface area contributed by atoms with E-state index in [4.69, 9.17) is 5.84 Å². The smallest absolute Gasteiger partial charge is 0.124 e. The highest BCUT2D eigenvalue weighted by atomic mass is 15.2. The highest BCUT2D eigenvalue weighted by Gasteiger charge is 2.12. The summed E-state index contributed by atoms with van der Waals surface area (Å²) in [6.07, 6.45) is 7.83. The van der Waals surface area contributed by atoms with Gasteiger partial charge in [0, 0.05) is 24.8 Å². The van der Waals surface area contributed by atoms with E-state index >= 15 is 0 Å². The Morgan fingerprint density at radius 3 is 3.00 bits per heavy atom. The van der Waals surface area contributed by atoms with Crippen LogP contribution in [0.25, 0.3) is 0 Å². The Balaban J connectivity index is 2.10. The fraction of sp³-hybridized carbons (Fsp3) is 0.200. The molecule has 5 nitrogen and oxygen atoms in total. The third-order valence-corrected chi connectivity index (χ3v) is 2.21. The number of imidazole rings is 1. The molecule has 0 aromatic carbocycles. The number of hydrazine groups is 1. The molecule has 1 unspecified atom stereocenters. The van der Waals surface area contributed by atoms with Crippen LogP contribution in [0.1, 0.15) is 17.4 Å². The molecule has 4 N–H and O–H groups in total. The zero-order valence-corrected chi connectivity index (χ0v) is 8.22. The second-order valence-electron chi connectivity index (χ2n) is 3.26. The summed E-state index contributed by atoms with van der Waals surface area (Å²) in [5.74, 6) is 6.32. The second-order valence-corrected chi connectivity index (χ2v) is 3.26. The van der Waals surface area contributed by atoms with E-state index in [0.717, 1.165) is 17.8 Å². The normalized spacial score (nSPS) is 12.6. The van der Waals surface area contributed by atoms with Gasteiger partial charge in [-0.1, -0.05) is 6.07 Å². The summed E-state index contributed by atoms with van der Waals surface area (Å²) >= 11 is 0. The number of nitrogens with one attached hydrogen (secondary N) is 2. The number of hydrogen-bond acceptors (Lipinski definition) is 4. The maximum Gasteiger partial charge on any atom is 0.124 e. The first-order chi connectivity index (χ1) is 7.40. The highest BCUT2D eigenvalue weighted by Crippen LogP contribution is 2.12. The maximum atomic E-state index is 5.48. The van der Waals surface area contributed by atoms with Gasteiger partial charge in [0.25, 0.3) is 0 Å². The van der Waals surface area contributed by atoms with Crippen LogP contribution in [0.3, 0.4) is 0 Å². The van der Waals surface area contributed by atoms with Gasteiger partial charge in [-0.3, -0.25) is 10.8 Å². The molecule has 0 fully saturated rings. The topological polar surface area (TPSA) is 79.6 Å². The number of pyridine rings is 1. The van der Waals surface area contributed by atoms with E-state index < -0.39 is 0 Å². The Morgan fingerprint density at radius 2 is 2.40 bits per heavy atom. The van der Waals surface area contributed by atoms with E-state index in [9.17, 15) is 0 Å². The van der Waals surface area contributed by atoms with Crippen molar-refractivity contribution in [3.05, 3.63) is 48.3 Å². The lowest BCUT2D eigenvalue weighted by Crippen LogP contribution is -2.30. The zero-order valence-electron chi connectivity index (χ0n) is 8.22. The molecule has 0 bridgehead atoms. The molecular formula is C10H13N5. The highest BCUT2D eigenvalue weighted by molar-refractivity contribution is 5.12. The molecule has 0 spiro atoms. The minimum absolute atomic E-state index is 0.0100. The van der Waals surface area contributed by atoms with E-state index in [1.54, 1.807) is 18.6 Å². The Labute approximate surface area is 87.7 Å². The lowest BCUT2D eigenvalue weighted by molar-refractivity contribution is 0.527. The van der Waals surface area contributed by atoms with Crippen molar-refractivity contribution in [2.24, 2.45) is 5.84 Å². The number of nitrogens with zero attached hydrogens (tertiary/aromatic N) is 2. The van der Waals surface area contributed by atoms with Gasteiger partial charge < -0.3 is 4.98 Å². The number of aromatic amines is 1. The fourth-order valence-corrected chi connectivity index (χ4v) is 1.46. The average molecular weight is 203 g/mol. The van der Waals surface area contributed by atoms with E-state index in [-0.39, 0.29) is 6.04 Å². The number of hydrogen-bond donors (Lipinski definition) is 3. The van der Waals surface area contributed by atoms with Crippen LogP contribution in [-0.4, -0.2) is 15.0 Å². The third kappa shape index (κ3) is 2.39. The number of H-pyrrole nitrogens is 1. The Morgan fingerprint density at radius 1 is 1.47 bits per heavy atom. The summed E-state index contributed by atoms with van der Waals surface area (Å²) < 4.78 is 0. The van der Waals surface area contributed by atoms with Crippen LogP contribution >= 0.6 is 0 Å². The van der Waals surface area contributed by atoms with E-state index in [0.29, 0.717) is 0 Å². The van der Waals surface area contributed by atoms with Gasteiger partial charge in [0.05, 0.1) is 6.04 Å². The lowest BCUT2D eigenvalue weighted by Gasteiger charge is -2.12. The molecule has 2 aromatic heterocycles. The summed E-state index contributed by atoms with van der Waals surface area (Å²) in [5, 5.41) is 0. The molecule has 0 amide bonds. The van der Waals surface area contributed by atoms with Crippen LogP contribution in [0, 0.1) is 0 Å². The number of aromatic nitrogens is 3. The summed E-state index contributed by atoms with van der Waals surface area (Å²) in [6.45, 7) is 0. The Kier molecular flexibility index (Phi) is 3.06. The van der Waals surface area contributed by atoms with Crippen LogP contribution < -0.4 is 11.3 Å². The second kappa shape index (κ2) is 4.68. The molecule has 0 aliphatic rings. The van der Waals surface area contributed by atoms with Gasteiger partial charge in [0.2, 0.25) is 0 Å². The van der Waals surface area contributed by atoms with Crippen molar-refractivity contribution >= 4 is 0 Å². The summed E-state index contributed by atoms with van der Waals surface area (Å²) in [5.41, 5.74) is 3.85.